The van der Waals surface area contributed by atoms with Crippen LogP contribution < -0.4 is 5.32 Å². The molecule has 7 rings (SSSR count). The van der Waals surface area contributed by atoms with Gasteiger partial charge in [-0.25, -0.2) is 14.5 Å². The van der Waals surface area contributed by atoms with E-state index in [1.54, 1.807) is 17.7 Å². The number of ether oxygens (including phenoxy) is 1. The monoisotopic (exact) mass is 516 g/mol. The smallest absolute Gasteiger partial charge is 0.341 e. The van der Waals surface area contributed by atoms with Crippen molar-refractivity contribution in [1.82, 2.24) is 14.8 Å². The van der Waals surface area contributed by atoms with Gasteiger partial charge in [-0.3, -0.25) is 4.79 Å². The number of aromatic nitrogens is 3. The minimum atomic E-state index is -0.453. The summed E-state index contributed by atoms with van der Waals surface area (Å²) in [7, 11) is 0. The fraction of sp³-hybridized carbons (Fsp3) is 0.692. The lowest BCUT2D eigenvalue weighted by atomic mass is 9.46. The van der Waals surface area contributed by atoms with Crippen molar-refractivity contribution in [2.45, 2.75) is 83.6 Å². The number of carbonyl (C=O) groups is 2. The Bertz CT molecular complexity index is 1160. The Balaban J connectivity index is 1.32. The number of hydrogen-bond acceptors (Lipinski definition) is 6. The van der Waals surface area contributed by atoms with E-state index in [-0.39, 0.29) is 22.7 Å². The molecular formula is C26H33ClN4O3S. The SMILES string of the molecule is CCCOC(=O)c1c(NC(=O)C23C[C@H]4C[C@@H](C2)CC(n2cnc(Cl)n2)(C4)C3)sc2c1CC[C@H](C)C2. The van der Waals surface area contributed by atoms with Crippen LogP contribution in [-0.2, 0) is 27.9 Å². The summed E-state index contributed by atoms with van der Waals surface area (Å²) in [6.45, 7) is 4.64. The number of rotatable bonds is 6. The Morgan fingerprint density at radius 1 is 1.29 bits per heavy atom. The number of thiophene rings is 1. The van der Waals surface area contributed by atoms with Gasteiger partial charge >= 0.3 is 5.97 Å². The molecule has 2 unspecified atom stereocenters. The third-order valence-electron chi connectivity index (χ3n) is 8.84. The van der Waals surface area contributed by atoms with Crippen molar-refractivity contribution in [3.63, 3.8) is 0 Å². The standard InChI is InChI=1S/C26H33ClN4O3S/c1-3-6-34-22(32)20-18-5-4-15(2)7-19(18)35-21(20)29-23(33)25-9-16-8-17(10-25)12-26(11-16,13-25)31-14-28-24(27)30-31/h14-17H,3-13H2,1-2H3,(H,29,33)/t15-,16-,17+,25?,26?/m0/s1. The molecule has 1 amide bonds. The van der Waals surface area contributed by atoms with E-state index in [9.17, 15) is 9.59 Å². The van der Waals surface area contributed by atoms with Crippen LogP contribution in [0.2, 0.25) is 5.28 Å². The number of halogens is 1. The summed E-state index contributed by atoms with van der Waals surface area (Å²) in [5.74, 6) is 1.33. The first-order valence-corrected chi connectivity index (χ1v) is 14.2. The van der Waals surface area contributed by atoms with Crippen LogP contribution >= 0.6 is 22.9 Å². The van der Waals surface area contributed by atoms with Gasteiger partial charge in [-0.05, 0) is 99.1 Å². The summed E-state index contributed by atoms with van der Waals surface area (Å²) in [6.07, 6.45) is 11.2. The summed E-state index contributed by atoms with van der Waals surface area (Å²) in [4.78, 5) is 32.6. The zero-order chi connectivity index (χ0) is 24.4. The van der Waals surface area contributed by atoms with Gasteiger partial charge in [-0.1, -0.05) is 13.8 Å². The number of fused-ring (bicyclic) bond motifs is 1. The van der Waals surface area contributed by atoms with Gasteiger partial charge in [0.05, 0.1) is 23.1 Å². The number of hydrogen-bond donors (Lipinski definition) is 1. The van der Waals surface area contributed by atoms with Crippen molar-refractivity contribution in [3.8, 4) is 0 Å². The van der Waals surface area contributed by atoms with Crippen LogP contribution in [0.15, 0.2) is 6.33 Å². The molecule has 9 heteroatoms. The molecule has 0 aromatic carbocycles. The molecule has 7 nitrogen and oxygen atoms in total. The Hall–Kier alpha value is -1.93. The van der Waals surface area contributed by atoms with Gasteiger partial charge < -0.3 is 10.1 Å². The molecule has 0 spiro atoms. The second-order valence-electron chi connectivity index (χ2n) is 11.6. The van der Waals surface area contributed by atoms with Crippen LogP contribution in [0.1, 0.15) is 86.0 Å². The lowest BCUT2D eigenvalue weighted by molar-refractivity contribution is -0.150. The molecule has 4 bridgehead atoms. The minimum absolute atomic E-state index is 0.0541. The molecule has 0 saturated heterocycles. The Kier molecular flexibility index (Phi) is 5.75. The number of carbonyl (C=O) groups excluding carboxylic acids is 2. The Morgan fingerprint density at radius 2 is 2.06 bits per heavy atom. The molecule has 5 aliphatic carbocycles. The van der Waals surface area contributed by atoms with Crippen molar-refractivity contribution in [1.29, 1.82) is 0 Å². The van der Waals surface area contributed by atoms with Gasteiger partial charge in [-0.2, -0.15) is 0 Å². The van der Waals surface area contributed by atoms with Crippen LogP contribution in [0.25, 0.3) is 0 Å². The first-order valence-electron chi connectivity index (χ1n) is 13.0. The van der Waals surface area contributed by atoms with E-state index in [1.165, 1.54) is 11.3 Å². The topological polar surface area (TPSA) is 86.1 Å². The fourth-order valence-electron chi connectivity index (χ4n) is 7.78. The summed E-state index contributed by atoms with van der Waals surface area (Å²) in [5.41, 5.74) is 1.03. The molecular weight excluding hydrogens is 484 g/mol. The van der Waals surface area contributed by atoms with E-state index in [1.807, 2.05) is 11.6 Å². The Labute approximate surface area is 215 Å². The van der Waals surface area contributed by atoms with Crippen LogP contribution in [0.3, 0.4) is 0 Å². The molecule has 0 radical (unpaired) electrons. The van der Waals surface area contributed by atoms with Crippen molar-refractivity contribution < 1.29 is 14.3 Å². The van der Waals surface area contributed by atoms with Gasteiger partial charge in [0.2, 0.25) is 11.2 Å². The predicted molar refractivity (Wildman–Crippen MR) is 135 cm³/mol. The minimum Gasteiger partial charge on any atom is -0.462 e. The maximum absolute atomic E-state index is 14.1. The highest BCUT2D eigenvalue weighted by Crippen LogP contribution is 2.64. The van der Waals surface area contributed by atoms with E-state index >= 15 is 0 Å². The van der Waals surface area contributed by atoms with Crippen molar-refractivity contribution in [2.75, 3.05) is 11.9 Å². The average molecular weight is 517 g/mol. The van der Waals surface area contributed by atoms with Crippen molar-refractivity contribution >= 4 is 39.8 Å². The van der Waals surface area contributed by atoms with E-state index < -0.39 is 5.41 Å². The predicted octanol–water partition coefficient (Wildman–Crippen LogP) is 5.62. The largest absolute Gasteiger partial charge is 0.462 e. The van der Waals surface area contributed by atoms with E-state index in [4.69, 9.17) is 16.3 Å². The number of nitrogens with one attached hydrogen (secondary N) is 1. The molecule has 0 aliphatic heterocycles. The first kappa shape index (κ1) is 23.5. The highest BCUT2D eigenvalue weighted by Gasteiger charge is 2.62. The molecule has 5 atom stereocenters. The molecule has 188 valence electrons. The van der Waals surface area contributed by atoms with Crippen LogP contribution in [0.5, 0.6) is 0 Å². The lowest BCUT2D eigenvalue weighted by Gasteiger charge is -2.60. The molecule has 2 aromatic heterocycles. The maximum atomic E-state index is 14.1. The fourth-order valence-corrected chi connectivity index (χ4v) is 9.30. The maximum Gasteiger partial charge on any atom is 0.341 e. The third-order valence-corrected chi connectivity index (χ3v) is 10.2. The van der Waals surface area contributed by atoms with Gasteiger partial charge in [0, 0.05) is 4.88 Å². The van der Waals surface area contributed by atoms with Crippen LogP contribution in [0.4, 0.5) is 5.00 Å². The van der Waals surface area contributed by atoms with Gasteiger partial charge in [-0.15, -0.1) is 16.4 Å². The second kappa shape index (κ2) is 8.58. The van der Waals surface area contributed by atoms with Gasteiger partial charge in [0.1, 0.15) is 11.3 Å². The van der Waals surface area contributed by atoms with Crippen LogP contribution in [0, 0.1) is 23.2 Å². The molecule has 1 N–H and O–H groups in total. The average Bonchev–Trinajstić information content (AvgIpc) is 3.40. The number of amides is 1. The number of anilines is 1. The number of nitrogens with zero attached hydrogens (tertiary/aromatic N) is 3. The Morgan fingerprint density at radius 3 is 2.74 bits per heavy atom. The first-order chi connectivity index (χ1) is 16.8. The summed E-state index contributed by atoms with van der Waals surface area (Å²) in [6, 6.07) is 0. The quantitative estimate of drug-likeness (QED) is 0.503. The summed E-state index contributed by atoms with van der Waals surface area (Å²) < 4.78 is 7.50. The summed E-state index contributed by atoms with van der Waals surface area (Å²) in [5, 5.41) is 8.69. The molecule has 2 heterocycles. The molecule has 5 aliphatic rings. The third kappa shape index (κ3) is 3.91. The normalized spacial score (nSPS) is 32.9. The van der Waals surface area contributed by atoms with E-state index in [0.717, 1.165) is 63.4 Å². The highest BCUT2D eigenvalue weighted by molar-refractivity contribution is 7.17. The molecule has 4 saturated carbocycles. The molecule has 35 heavy (non-hydrogen) atoms. The molecule has 4 fully saturated rings. The molecule has 2 aromatic rings. The second-order valence-corrected chi connectivity index (χ2v) is 13.0. The highest BCUT2D eigenvalue weighted by atomic mass is 35.5. The van der Waals surface area contributed by atoms with E-state index in [0.29, 0.717) is 34.9 Å². The lowest BCUT2D eigenvalue weighted by Crippen LogP contribution is -2.60. The summed E-state index contributed by atoms with van der Waals surface area (Å²) >= 11 is 7.66. The van der Waals surface area contributed by atoms with E-state index in [2.05, 4.69) is 22.3 Å². The van der Waals surface area contributed by atoms with Crippen LogP contribution in [-0.4, -0.2) is 33.2 Å². The van der Waals surface area contributed by atoms with Gasteiger partial charge in [0.15, 0.2) is 0 Å². The zero-order valence-electron chi connectivity index (χ0n) is 20.4. The number of esters is 1. The van der Waals surface area contributed by atoms with Gasteiger partial charge in [0.25, 0.3) is 0 Å². The van der Waals surface area contributed by atoms with Crippen molar-refractivity contribution in [2.24, 2.45) is 23.2 Å². The zero-order valence-corrected chi connectivity index (χ0v) is 22.0. The van der Waals surface area contributed by atoms with Crippen molar-refractivity contribution in [3.05, 3.63) is 27.6 Å².